The fourth-order valence-electron chi connectivity index (χ4n) is 3.88. The van der Waals surface area contributed by atoms with Crippen LogP contribution < -0.4 is 0 Å². The van der Waals surface area contributed by atoms with E-state index in [0.717, 1.165) is 25.8 Å². The van der Waals surface area contributed by atoms with Gasteiger partial charge in [-0.1, -0.05) is 42.5 Å². The minimum absolute atomic E-state index is 0.160. The van der Waals surface area contributed by atoms with Gasteiger partial charge in [-0.25, -0.2) is 0 Å². The van der Waals surface area contributed by atoms with Crippen LogP contribution in [-0.2, 0) is 19.3 Å². The molecule has 1 aromatic heterocycles. The second kappa shape index (κ2) is 6.42. The lowest BCUT2D eigenvalue weighted by atomic mass is 9.94. The molecule has 0 bridgehead atoms. The predicted molar refractivity (Wildman–Crippen MR) is 98.5 cm³/mol. The molecular weight excluding hydrogens is 296 g/mol. The van der Waals surface area contributed by atoms with E-state index in [-0.39, 0.29) is 12.6 Å². The Bertz CT molecular complexity index is 852. The third-order valence-electron chi connectivity index (χ3n) is 5.40. The number of aliphatic hydroxyl groups is 1. The number of H-pyrrole nitrogens is 1. The number of fused-ring (bicyclic) bond motifs is 4. The van der Waals surface area contributed by atoms with Crippen molar-refractivity contribution in [1.29, 1.82) is 0 Å². The average molecular weight is 320 g/mol. The van der Waals surface area contributed by atoms with Crippen molar-refractivity contribution >= 4 is 10.9 Å². The van der Waals surface area contributed by atoms with Gasteiger partial charge in [-0.2, -0.15) is 0 Å². The molecule has 1 atom stereocenters. The molecule has 24 heavy (non-hydrogen) atoms. The van der Waals surface area contributed by atoms with Crippen molar-refractivity contribution in [3.63, 3.8) is 0 Å². The van der Waals surface area contributed by atoms with Crippen LogP contribution in [0, 0.1) is 0 Å². The first kappa shape index (κ1) is 15.4. The van der Waals surface area contributed by atoms with Crippen molar-refractivity contribution in [1.82, 2.24) is 9.88 Å². The third-order valence-corrected chi connectivity index (χ3v) is 5.40. The monoisotopic (exact) mass is 320 g/mol. The number of hydrogen-bond donors (Lipinski definition) is 2. The van der Waals surface area contributed by atoms with E-state index >= 15 is 0 Å². The molecule has 0 aliphatic carbocycles. The van der Waals surface area contributed by atoms with Gasteiger partial charge < -0.3 is 15.0 Å². The predicted octanol–water partition coefficient (Wildman–Crippen LogP) is 3.15. The Balaban J connectivity index is 1.87. The van der Waals surface area contributed by atoms with E-state index in [4.69, 9.17) is 0 Å². The molecule has 0 saturated carbocycles. The standard InChI is InChI=1S/C21H24N2O/c1-23-11-10-15-6-2-3-7-16(15)12-21-19(13-17(23)14-24)18-8-4-5-9-20(18)22-21/h2-9,17,22,24H,10-14H2,1H3/t17-/m1/s1. The third kappa shape index (κ3) is 2.74. The molecule has 1 aliphatic rings. The highest BCUT2D eigenvalue weighted by Gasteiger charge is 2.22. The number of likely N-dealkylation sites (N-methyl/N-ethyl adjacent to an activating group) is 1. The molecule has 0 radical (unpaired) electrons. The van der Waals surface area contributed by atoms with Crippen LogP contribution in [0.4, 0.5) is 0 Å². The maximum absolute atomic E-state index is 9.92. The number of aromatic amines is 1. The van der Waals surface area contributed by atoms with Crippen LogP contribution in [0.1, 0.15) is 22.4 Å². The van der Waals surface area contributed by atoms with Crippen molar-refractivity contribution in [3.8, 4) is 0 Å². The van der Waals surface area contributed by atoms with Crippen LogP contribution in [0.3, 0.4) is 0 Å². The Kier molecular flexibility index (Phi) is 4.13. The summed E-state index contributed by atoms with van der Waals surface area (Å²) in [6.45, 7) is 1.16. The summed E-state index contributed by atoms with van der Waals surface area (Å²) in [6.07, 6.45) is 2.84. The molecule has 0 fully saturated rings. The molecule has 2 N–H and O–H groups in total. The van der Waals surface area contributed by atoms with Crippen LogP contribution in [0.15, 0.2) is 48.5 Å². The zero-order valence-corrected chi connectivity index (χ0v) is 14.1. The molecule has 0 spiro atoms. The minimum atomic E-state index is 0.160. The van der Waals surface area contributed by atoms with Gasteiger partial charge in [0.2, 0.25) is 0 Å². The molecule has 3 nitrogen and oxygen atoms in total. The van der Waals surface area contributed by atoms with Gasteiger partial charge >= 0.3 is 0 Å². The number of para-hydroxylation sites is 1. The molecule has 4 rings (SSSR count). The lowest BCUT2D eigenvalue weighted by molar-refractivity contribution is 0.147. The Morgan fingerprint density at radius 2 is 1.83 bits per heavy atom. The topological polar surface area (TPSA) is 39.3 Å². The van der Waals surface area contributed by atoms with E-state index < -0.39 is 0 Å². The van der Waals surface area contributed by atoms with Gasteiger partial charge in [0.25, 0.3) is 0 Å². The van der Waals surface area contributed by atoms with E-state index in [1.54, 1.807) is 0 Å². The SMILES string of the molecule is CN1CCc2ccccc2Cc2[nH]c3ccccc3c2C[C@@H]1CO. The summed E-state index contributed by atoms with van der Waals surface area (Å²) >= 11 is 0. The smallest absolute Gasteiger partial charge is 0.0590 e. The maximum atomic E-state index is 9.92. The van der Waals surface area contributed by atoms with Crippen LogP contribution in [0.2, 0.25) is 0 Å². The summed E-state index contributed by atoms with van der Waals surface area (Å²) in [5.41, 5.74) is 6.65. The minimum Gasteiger partial charge on any atom is -0.395 e. The lowest BCUT2D eigenvalue weighted by Gasteiger charge is -2.28. The molecule has 3 aromatic rings. The number of rotatable bonds is 1. The van der Waals surface area contributed by atoms with Crippen LogP contribution in [0.25, 0.3) is 10.9 Å². The Morgan fingerprint density at radius 3 is 2.67 bits per heavy atom. The first-order chi connectivity index (χ1) is 11.8. The molecule has 0 saturated heterocycles. The first-order valence-corrected chi connectivity index (χ1v) is 8.72. The van der Waals surface area contributed by atoms with Gasteiger partial charge in [-0.05, 0) is 42.6 Å². The zero-order chi connectivity index (χ0) is 16.5. The van der Waals surface area contributed by atoms with Crippen molar-refractivity contribution in [2.24, 2.45) is 0 Å². The summed E-state index contributed by atoms with van der Waals surface area (Å²) < 4.78 is 0. The average Bonchev–Trinajstić information content (AvgIpc) is 2.95. The van der Waals surface area contributed by atoms with Crippen molar-refractivity contribution in [3.05, 3.63) is 70.9 Å². The van der Waals surface area contributed by atoms with Crippen molar-refractivity contribution in [2.45, 2.75) is 25.3 Å². The Hall–Kier alpha value is -2.10. The maximum Gasteiger partial charge on any atom is 0.0590 e. The highest BCUT2D eigenvalue weighted by atomic mass is 16.3. The van der Waals surface area contributed by atoms with Crippen LogP contribution in [0.5, 0.6) is 0 Å². The summed E-state index contributed by atoms with van der Waals surface area (Å²) in [7, 11) is 2.12. The molecule has 2 heterocycles. The number of benzene rings is 2. The molecule has 3 heteroatoms. The van der Waals surface area contributed by atoms with Gasteiger partial charge in [-0.3, -0.25) is 0 Å². The fraction of sp³-hybridized carbons (Fsp3) is 0.333. The van der Waals surface area contributed by atoms with E-state index in [9.17, 15) is 5.11 Å². The number of aliphatic hydroxyl groups excluding tert-OH is 1. The highest BCUT2D eigenvalue weighted by Crippen LogP contribution is 2.28. The largest absolute Gasteiger partial charge is 0.395 e. The van der Waals surface area contributed by atoms with Crippen LogP contribution >= 0.6 is 0 Å². The number of hydrogen-bond acceptors (Lipinski definition) is 2. The lowest BCUT2D eigenvalue weighted by Crippen LogP contribution is -2.38. The fourth-order valence-corrected chi connectivity index (χ4v) is 3.88. The second-order valence-corrected chi connectivity index (χ2v) is 6.84. The Labute approximate surface area is 142 Å². The van der Waals surface area contributed by atoms with Gasteiger partial charge in [0.15, 0.2) is 0 Å². The number of aromatic nitrogens is 1. The van der Waals surface area contributed by atoms with Gasteiger partial charge in [0, 0.05) is 35.6 Å². The van der Waals surface area contributed by atoms with Gasteiger partial charge in [0.1, 0.15) is 0 Å². The number of nitrogens with zero attached hydrogens (tertiary/aromatic N) is 1. The molecule has 1 aliphatic heterocycles. The molecule has 0 amide bonds. The molecule has 2 aromatic carbocycles. The summed E-state index contributed by atoms with van der Waals surface area (Å²) in [6, 6.07) is 17.4. The van der Waals surface area contributed by atoms with E-state index in [1.165, 1.54) is 33.3 Å². The summed E-state index contributed by atoms with van der Waals surface area (Å²) in [4.78, 5) is 5.93. The van der Waals surface area contributed by atoms with E-state index in [2.05, 4.69) is 65.5 Å². The molecule has 124 valence electrons. The summed E-state index contributed by atoms with van der Waals surface area (Å²) in [5.74, 6) is 0. The highest BCUT2D eigenvalue weighted by molar-refractivity contribution is 5.84. The first-order valence-electron chi connectivity index (χ1n) is 8.72. The molecular formula is C21H24N2O. The number of nitrogens with one attached hydrogen (secondary N) is 1. The van der Waals surface area contributed by atoms with Crippen molar-refractivity contribution < 1.29 is 5.11 Å². The van der Waals surface area contributed by atoms with Gasteiger partial charge in [-0.15, -0.1) is 0 Å². The second-order valence-electron chi connectivity index (χ2n) is 6.84. The molecule has 0 unspecified atom stereocenters. The Morgan fingerprint density at radius 1 is 1.08 bits per heavy atom. The quantitative estimate of drug-likeness (QED) is 0.723. The zero-order valence-electron chi connectivity index (χ0n) is 14.1. The summed E-state index contributed by atoms with van der Waals surface area (Å²) in [5, 5.41) is 11.2. The van der Waals surface area contributed by atoms with Crippen LogP contribution in [-0.4, -0.2) is 41.2 Å². The van der Waals surface area contributed by atoms with E-state index in [1.807, 2.05) is 0 Å². The van der Waals surface area contributed by atoms with Crippen molar-refractivity contribution in [2.75, 3.05) is 20.2 Å². The van der Waals surface area contributed by atoms with Gasteiger partial charge in [0.05, 0.1) is 6.61 Å². The normalized spacial score (nSPS) is 19.0. The van der Waals surface area contributed by atoms with E-state index in [0.29, 0.717) is 0 Å².